The Morgan fingerprint density at radius 1 is 1.04 bits per heavy atom. The highest BCUT2D eigenvalue weighted by molar-refractivity contribution is 5.90. The van der Waals surface area contributed by atoms with Gasteiger partial charge in [-0.2, -0.15) is 0 Å². The van der Waals surface area contributed by atoms with Crippen LogP contribution in [0.1, 0.15) is 22.4 Å². The third-order valence-electron chi connectivity index (χ3n) is 4.60. The number of benzene rings is 2. The summed E-state index contributed by atoms with van der Waals surface area (Å²) < 4.78 is 2.15. The molecule has 0 atom stereocenters. The molecule has 1 amide bonds. The molecule has 3 rings (SSSR count). The van der Waals surface area contributed by atoms with E-state index < -0.39 is 0 Å². The summed E-state index contributed by atoms with van der Waals surface area (Å²) in [5, 5.41) is 4.21. The van der Waals surface area contributed by atoms with Crippen LogP contribution in [0.3, 0.4) is 0 Å². The summed E-state index contributed by atoms with van der Waals surface area (Å²) in [5.41, 5.74) is 5.80. The summed E-state index contributed by atoms with van der Waals surface area (Å²) in [6, 6.07) is 16.4. The first-order valence-corrected chi connectivity index (χ1v) is 7.92. The highest BCUT2D eigenvalue weighted by atomic mass is 16.1. The lowest BCUT2D eigenvalue weighted by molar-refractivity contribution is -0.120. The van der Waals surface area contributed by atoms with Crippen LogP contribution < -0.4 is 5.32 Å². The molecule has 0 aliphatic carbocycles. The van der Waals surface area contributed by atoms with Crippen LogP contribution in [-0.2, 0) is 24.8 Å². The largest absolute Gasteiger partial charge is 0.352 e. The molecule has 118 valence electrons. The lowest BCUT2D eigenvalue weighted by atomic mass is 10.1. The molecule has 3 nitrogen and oxygen atoms in total. The molecule has 3 aromatic rings. The topological polar surface area (TPSA) is 34.0 Å². The zero-order valence-corrected chi connectivity index (χ0v) is 13.9. The van der Waals surface area contributed by atoms with Gasteiger partial charge in [-0.25, -0.2) is 0 Å². The number of carbonyl (C=O) groups is 1. The van der Waals surface area contributed by atoms with Gasteiger partial charge in [-0.05, 0) is 36.6 Å². The molecule has 0 spiro atoms. The van der Waals surface area contributed by atoms with Gasteiger partial charge in [0.05, 0.1) is 6.42 Å². The molecule has 0 fully saturated rings. The van der Waals surface area contributed by atoms with E-state index in [2.05, 4.69) is 48.0 Å². The normalized spacial score (nSPS) is 10.9. The van der Waals surface area contributed by atoms with E-state index in [1.54, 1.807) is 0 Å². The Balaban J connectivity index is 1.76. The van der Waals surface area contributed by atoms with Gasteiger partial charge in [0.25, 0.3) is 0 Å². The van der Waals surface area contributed by atoms with Gasteiger partial charge in [-0.15, -0.1) is 0 Å². The van der Waals surface area contributed by atoms with Crippen LogP contribution in [0, 0.1) is 13.8 Å². The number of aromatic nitrogens is 1. The molecule has 3 heteroatoms. The van der Waals surface area contributed by atoms with E-state index in [-0.39, 0.29) is 5.91 Å². The highest BCUT2D eigenvalue weighted by Gasteiger charge is 2.14. The van der Waals surface area contributed by atoms with E-state index in [0.717, 1.165) is 16.8 Å². The molecule has 0 aliphatic rings. The molecular formula is C20H22N2O. The van der Waals surface area contributed by atoms with Gasteiger partial charge in [-0.3, -0.25) is 4.79 Å². The molecule has 1 N–H and O–H groups in total. The van der Waals surface area contributed by atoms with Gasteiger partial charge < -0.3 is 9.88 Å². The van der Waals surface area contributed by atoms with E-state index in [0.29, 0.717) is 13.0 Å². The molecule has 0 saturated carbocycles. The first-order chi connectivity index (χ1) is 11.1. The zero-order chi connectivity index (χ0) is 16.4. The molecule has 1 aromatic heterocycles. The number of hydrogen-bond acceptors (Lipinski definition) is 1. The molecule has 0 unspecified atom stereocenters. The van der Waals surface area contributed by atoms with Gasteiger partial charge in [0.15, 0.2) is 0 Å². The molecule has 0 bridgehead atoms. The number of carbonyl (C=O) groups excluding carboxylic acids is 1. The Kier molecular flexibility index (Phi) is 4.20. The van der Waals surface area contributed by atoms with E-state index in [1.807, 2.05) is 31.3 Å². The second-order valence-electron chi connectivity index (χ2n) is 6.02. The first-order valence-electron chi connectivity index (χ1n) is 7.92. The van der Waals surface area contributed by atoms with Crippen LogP contribution in [0.2, 0.25) is 0 Å². The number of para-hydroxylation sites is 1. The van der Waals surface area contributed by atoms with Crippen LogP contribution in [0.15, 0.2) is 48.5 Å². The molecule has 0 saturated heterocycles. The van der Waals surface area contributed by atoms with Gasteiger partial charge >= 0.3 is 0 Å². The van der Waals surface area contributed by atoms with Crippen molar-refractivity contribution in [3.05, 3.63) is 70.9 Å². The van der Waals surface area contributed by atoms with Crippen molar-refractivity contribution in [3.8, 4) is 0 Å². The standard InChI is InChI=1S/C20H22N2O/c1-14-8-4-5-9-16(14)13-21-20(23)12-18-15(2)22(3)19-11-7-6-10-17(18)19/h4-11H,12-13H2,1-3H3,(H,21,23). The monoisotopic (exact) mass is 306 g/mol. The maximum Gasteiger partial charge on any atom is 0.224 e. The van der Waals surface area contributed by atoms with E-state index in [1.165, 1.54) is 16.5 Å². The number of nitrogens with one attached hydrogen (secondary N) is 1. The summed E-state index contributed by atoms with van der Waals surface area (Å²) in [5.74, 6) is 0.0627. The van der Waals surface area contributed by atoms with Crippen molar-refractivity contribution in [2.45, 2.75) is 26.8 Å². The SMILES string of the molecule is Cc1ccccc1CNC(=O)Cc1c(C)n(C)c2ccccc12. The predicted molar refractivity (Wildman–Crippen MR) is 94.4 cm³/mol. The van der Waals surface area contributed by atoms with Crippen LogP contribution in [0.4, 0.5) is 0 Å². The van der Waals surface area contributed by atoms with Crippen molar-refractivity contribution in [1.29, 1.82) is 0 Å². The predicted octanol–water partition coefficient (Wildman–Crippen LogP) is 3.65. The maximum absolute atomic E-state index is 12.4. The van der Waals surface area contributed by atoms with Crippen LogP contribution in [0.5, 0.6) is 0 Å². The maximum atomic E-state index is 12.4. The minimum absolute atomic E-state index is 0.0627. The third-order valence-corrected chi connectivity index (χ3v) is 4.60. The van der Waals surface area contributed by atoms with Crippen molar-refractivity contribution >= 4 is 16.8 Å². The highest BCUT2D eigenvalue weighted by Crippen LogP contribution is 2.25. The number of fused-ring (bicyclic) bond motifs is 1. The van der Waals surface area contributed by atoms with Gasteiger partial charge in [-0.1, -0.05) is 42.5 Å². The Hall–Kier alpha value is -2.55. The second-order valence-corrected chi connectivity index (χ2v) is 6.02. The molecule has 2 aromatic carbocycles. The van der Waals surface area contributed by atoms with Gasteiger partial charge in [0, 0.05) is 30.2 Å². The first kappa shape index (κ1) is 15.3. The smallest absolute Gasteiger partial charge is 0.224 e. The minimum Gasteiger partial charge on any atom is -0.352 e. The minimum atomic E-state index is 0.0627. The fourth-order valence-corrected chi connectivity index (χ4v) is 3.05. The molecule has 0 aliphatic heterocycles. The lowest BCUT2D eigenvalue weighted by Gasteiger charge is -2.08. The summed E-state index contributed by atoms with van der Waals surface area (Å²) in [6.07, 6.45) is 0.416. The van der Waals surface area contributed by atoms with Crippen LogP contribution in [-0.4, -0.2) is 10.5 Å². The fraction of sp³-hybridized carbons (Fsp3) is 0.250. The van der Waals surface area contributed by atoms with Crippen molar-refractivity contribution in [3.63, 3.8) is 0 Å². The van der Waals surface area contributed by atoms with E-state index in [9.17, 15) is 4.79 Å². The number of amides is 1. The Morgan fingerprint density at radius 3 is 2.52 bits per heavy atom. The lowest BCUT2D eigenvalue weighted by Crippen LogP contribution is -2.25. The average Bonchev–Trinajstić information content (AvgIpc) is 2.80. The number of aryl methyl sites for hydroxylation is 2. The van der Waals surface area contributed by atoms with Gasteiger partial charge in [0.2, 0.25) is 5.91 Å². The summed E-state index contributed by atoms with van der Waals surface area (Å²) >= 11 is 0. The summed E-state index contributed by atoms with van der Waals surface area (Å²) in [7, 11) is 2.05. The van der Waals surface area contributed by atoms with Crippen molar-refractivity contribution in [2.24, 2.45) is 7.05 Å². The summed E-state index contributed by atoms with van der Waals surface area (Å²) in [4.78, 5) is 12.4. The quantitative estimate of drug-likeness (QED) is 0.784. The number of rotatable bonds is 4. The van der Waals surface area contributed by atoms with E-state index >= 15 is 0 Å². The Morgan fingerprint density at radius 2 is 1.74 bits per heavy atom. The molecule has 23 heavy (non-hydrogen) atoms. The third kappa shape index (κ3) is 3.00. The van der Waals surface area contributed by atoms with Crippen LogP contribution in [0.25, 0.3) is 10.9 Å². The second kappa shape index (κ2) is 6.29. The molecule has 0 radical (unpaired) electrons. The fourth-order valence-electron chi connectivity index (χ4n) is 3.05. The Labute approximate surface area is 136 Å². The van der Waals surface area contributed by atoms with Crippen molar-refractivity contribution < 1.29 is 4.79 Å². The summed E-state index contributed by atoms with van der Waals surface area (Å²) in [6.45, 7) is 4.72. The van der Waals surface area contributed by atoms with E-state index in [4.69, 9.17) is 0 Å². The molecule has 1 heterocycles. The van der Waals surface area contributed by atoms with Crippen LogP contribution >= 0.6 is 0 Å². The molecular weight excluding hydrogens is 284 g/mol. The van der Waals surface area contributed by atoms with Crippen molar-refractivity contribution in [2.75, 3.05) is 0 Å². The van der Waals surface area contributed by atoms with Crippen molar-refractivity contribution in [1.82, 2.24) is 9.88 Å². The zero-order valence-electron chi connectivity index (χ0n) is 13.9. The average molecular weight is 306 g/mol. The number of nitrogens with zero attached hydrogens (tertiary/aromatic N) is 1. The number of hydrogen-bond donors (Lipinski definition) is 1. The van der Waals surface area contributed by atoms with Gasteiger partial charge in [0.1, 0.15) is 0 Å². The Bertz CT molecular complexity index is 861.